The third-order valence-corrected chi connectivity index (χ3v) is 3.28. The number of benzene rings is 1. The Morgan fingerprint density at radius 1 is 1.39 bits per heavy atom. The largest absolute Gasteiger partial charge is 0.393 e. The summed E-state index contributed by atoms with van der Waals surface area (Å²) in [6.45, 7) is 2.45. The lowest BCUT2D eigenvalue weighted by Gasteiger charge is -2.04. The van der Waals surface area contributed by atoms with Crippen molar-refractivity contribution in [3.63, 3.8) is 0 Å². The van der Waals surface area contributed by atoms with Gasteiger partial charge in [0.25, 0.3) is 0 Å². The van der Waals surface area contributed by atoms with Crippen LogP contribution >= 0.6 is 11.3 Å². The molecule has 0 aliphatic heterocycles. The van der Waals surface area contributed by atoms with Gasteiger partial charge in [0.15, 0.2) is 5.13 Å². The summed E-state index contributed by atoms with van der Waals surface area (Å²) >= 11 is 1.50. The monoisotopic (exact) mass is 266 g/mol. The molecule has 1 aromatic heterocycles. The van der Waals surface area contributed by atoms with E-state index in [1.54, 1.807) is 19.1 Å². The van der Waals surface area contributed by atoms with E-state index in [1.807, 2.05) is 5.38 Å². The third-order valence-electron chi connectivity index (χ3n) is 2.48. The normalized spacial score (nSPS) is 12.4. The van der Waals surface area contributed by atoms with Crippen LogP contribution in [0.3, 0.4) is 0 Å². The SMILES string of the molecule is CC(O)CCNc1nc(-c2ccc(F)cc2)cs1. The highest BCUT2D eigenvalue weighted by molar-refractivity contribution is 7.14. The number of hydrogen-bond donors (Lipinski definition) is 2. The number of nitrogens with zero attached hydrogens (tertiary/aromatic N) is 1. The lowest BCUT2D eigenvalue weighted by molar-refractivity contribution is 0.189. The molecule has 0 amide bonds. The minimum absolute atomic E-state index is 0.246. The number of aliphatic hydroxyl groups is 1. The molecule has 5 heteroatoms. The molecule has 0 spiro atoms. The molecule has 1 aromatic carbocycles. The second kappa shape index (κ2) is 5.93. The van der Waals surface area contributed by atoms with Crippen molar-refractivity contribution in [1.82, 2.24) is 4.98 Å². The molecule has 0 fully saturated rings. The molecule has 1 atom stereocenters. The van der Waals surface area contributed by atoms with E-state index in [9.17, 15) is 4.39 Å². The molecule has 1 unspecified atom stereocenters. The van der Waals surface area contributed by atoms with Gasteiger partial charge in [-0.3, -0.25) is 0 Å². The van der Waals surface area contributed by atoms with Crippen LogP contribution in [0.1, 0.15) is 13.3 Å². The van der Waals surface area contributed by atoms with Crippen molar-refractivity contribution in [2.24, 2.45) is 0 Å². The number of aliphatic hydroxyl groups excluding tert-OH is 1. The Morgan fingerprint density at radius 2 is 2.11 bits per heavy atom. The zero-order valence-electron chi connectivity index (χ0n) is 10.1. The van der Waals surface area contributed by atoms with Gasteiger partial charge in [-0.05, 0) is 37.6 Å². The maximum atomic E-state index is 12.8. The predicted molar refractivity (Wildman–Crippen MR) is 72.3 cm³/mol. The number of rotatable bonds is 5. The lowest BCUT2D eigenvalue weighted by atomic mass is 10.2. The Morgan fingerprint density at radius 3 is 2.78 bits per heavy atom. The number of nitrogens with one attached hydrogen (secondary N) is 1. The van der Waals surface area contributed by atoms with Gasteiger partial charge in [0.05, 0.1) is 11.8 Å². The van der Waals surface area contributed by atoms with Crippen molar-refractivity contribution >= 4 is 16.5 Å². The van der Waals surface area contributed by atoms with Gasteiger partial charge in [0, 0.05) is 17.5 Å². The first-order valence-corrected chi connectivity index (χ1v) is 6.66. The van der Waals surface area contributed by atoms with Crippen molar-refractivity contribution < 1.29 is 9.50 Å². The summed E-state index contributed by atoms with van der Waals surface area (Å²) in [5.74, 6) is -0.246. The molecule has 0 aliphatic carbocycles. The van der Waals surface area contributed by atoms with Crippen molar-refractivity contribution in [1.29, 1.82) is 0 Å². The molecule has 0 aliphatic rings. The Hall–Kier alpha value is -1.46. The minimum Gasteiger partial charge on any atom is -0.393 e. The highest BCUT2D eigenvalue weighted by Gasteiger charge is 2.04. The van der Waals surface area contributed by atoms with Crippen LogP contribution in [0, 0.1) is 5.82 Å². The molecular weight excluding hydrogens is 251 g/mol. The molecule has 2 N–H and O–H groups in total. The van der Waals surface area contributed by atoms with Crippen molar-refractivity contribution in [2.45, 2.75) is 19.4 Å². The highest BCUT2D eigenvalue weighted by atomic mass is 32.1. The lowest BCUT2D eigenvalue weighted by Crippen LogP contribution is -2.09. The van der Waals surface area contributed by atoms with E-state index in [4.69, 9.17) is 5.11 Å². The summed E-state index contributed by atoms with van der Waals surface area (Å²) in [4.78, 5) is 4.41. The first-order valence-electron chi connectivity index (χ1n) is 5.78. The zero-order chi connectivity index (χ0) is 13.0. The Balaban J connectivity index is 1.99. The van der Waals surface area contributed by atoms with Gasteiger partial charge in [-0.15, -0.1) is 11.3 Å². The van der Waals surface area contributed by atoms with Crippen LogP contribution in [0.2, 0.25) is 0 Å². The molecule has 18 heavy (non-hydrogen) atoms. The van der Waals surface area contributed by atoms with Crippen molar-refractivity contribution in [2.75, 3.05) is 11.9 Å². The fourth-order valence-corrected chi connectivity index (χ4v) is 2.24. The molecule has 1 heterocycles. The number of aromatic nitrogens is 1. The number of thiazole rings is 1. The van der Waals surface area contributed by atoms with Crippen LogP contribution in [-0.4, -0.2) is 22.7 Å². The molecule has 2 aromatic rings. The molecule has 0 saturated heterocycles. The topological polar surface area (TPSA) is 45.1 Å². The fourth-order valence-electron chi connectivity index (χ4n) is 1.50. The summed E-state index contributed by atoms with van der Waals surface area (Å²) in [7, 11) is 0. The van der Waals surface area contributed by atoms with Gasteiger partial charge in [0.2, 0.25) is 0 Å². The van der Waals surface area contributed by atoms with Gasteiger partial charge < -0.3 is 10.4 Å². The Labute approximate surface area is 109 Å². The zero-order valence-corrected chi connectivity index (χ0v) is 10.9. The number of halogens is 1. The van der Waals surface area contributed by atoms with E-state index >= 15 is 0 Å². The Bertz CT molecular complexity index is 496. The van der Waals surface area contributed by atoms with Crippen LogP contribution < -0.4 is 5.32 Å². The van der Waals surface area contributed by atoms with E-state index in [0.29, 0.717) is 13.0 Å². The predicted octanol–water partition coefficient (Wildman–Crippen LogP) is 3.13. The highest BCUT2D eigenvalue weighted by Crippen LogP contribution is 2.24. The maximum Gasteiger partial charge on any atom is 0.183 e. The van der Waals surface area contributed by atoms with Crippen LogP contribution in [0.4, 0.5) is 9.52 Å². The summed E-state index contributed by atoms with van der Waals surface area (Å²) in [6.07, 6.45) is 0.375. The minimum atomic E-state index is -0.311. The number of anilines is 1. The average molecular weight is 266 g/mol. The maximum absolute atomic E-state index is 12.8. The fraction of sp³-hybridized carbons (Fsp3) is 0.308. The van der Waals surface area contributed by atoms with Crippen molar-refractivity contribution in [3.05, 3.63) is 35.5 Å². The molecule has 0 radical (unpaired) electrons. The van der Waals surface area contributed by atoms with Crippen molar-refractivity contribution in [3.8, 4) is 11.3 Å². The second-order valence-electron chi connectivity index (χ2n) is 4.11. The van der Waals surface area contributed by atoms with Gasteiger partial charge in [-0.2, -0.15) is 0 Å². The molecule has 2 rings (SSSR count). The molecular formula is C13H15FN2OS. The second-order valence-corrected chi connectivity index (χ2v) is 4.97. The van der Waals surface area contributed by atoms with Crippen LogP contribution in [0.5, 0.6) is 0 Å². The van der Waals surface area contributed by atoms with Crippen LogP contribution in [-0.2, 0) is 0 Å². The smallest absolute Gasteiger partial charge is 0.183 e. The molecule has 96 valence electrons. The van der Waals surface area contributed by atoms with E-state index < -0.39 is 0 Å². The summed E-state index contributed by atoms with van der Waals surface area (Å²) < 4.78 is 12.8. The first-order chi connectivity index (χ1) is 8.65. The van der Waals surface area contributed by atoms with E-state index in [0.717, 1.165) is 16.4 Å². The number of hydrogen-bond acceptors (Lipinski definition) is 4. The van der Waals surface area contributed by atoms with Gasteiger partial charge in [-0.25, -0.2) is 9.37 Å². The molecule has 0 saturated carbocycles. The summed E-state index contributed by atoms with van der Waals surface area (Å²) in [5.41, 5.74) is 1.73. The first kappa shape index (κ1) is 13.0. The van der Waals surface area contributed by atoms with E-state index in [2.05, 4.69) is 10.3 Å². The quantitative estimate of drug-likeness (QED) is 0.874. The van der Waals surface area contributed by atoms with E-state index in [1.165, 1.54) is 23.5 Å². The van der Waals surface area contributed by atoms with Gasteiger partial charge in [-0.1, -0.05) is 0 Å². The van der Waals surface area contributed by atoms with Crippen LogP contribution in [0.25, 0.3) is 11.3 Å². The molecule has 0 bridgehead atoms. The van der Waals surface area contributed by atoms with Gasteiger partial charge >= 0.3 is 0 Å². The standard InChI is InChI=1S/C13H15FN2OS/c1-9(17)6-7-15-13-16-12(8-18-13)10-2-4-11(14)5-3-10/h2-5,8-9,17H,6-7H2,1H3,(H,15,16). The molecule has 3 nitrogen and oxygen atoms in total. The Kier molecular flexibility index (Phi) is 4.28. The average Bonchev–Trinajstić information content (AvgIpc) is 2.78. The van der Waals surface area contributed by atoms with E-state index in [-0.39, 0.29) is 11.9 Å². The third kappa shape index (κ3) is 3.51. The van der Waals surface area contributed by atoms with Crippen LogP contribution in [0.15, 0.2) is 29.6 Å². The van der Waals surface area contributed by atoms with Gasteiger partial charge in [0.1, 0.15) is 5.82 Å². The summed E-state index contributed by atoms with van der Waals surface area (Å²) in [5, 5.41) is 15.0. The summed E-state index contributed by atoms with van der Waals surface area (Å²) in [6, 6.07) is 6.28.